The summed E-state index contributed by atoms with van der Waals surface area (Å²) in [5, 5.41) is 3.16. The average molecular weight is 252 g/mol. The summed E-state index contributed by atoms with van der Waals surface area (Å²) in [7, 11) is 7.48. The van der Waals surface area contributed by atoms with E-state index in [1.165, 1.54) is 11.1 Å². The SMILES string of the molecule is CNCc1ccc(OC)c(CN(C)CCOC)c1. The first kappa shape index (κ1) is 15.0. The van der Waals surface area contributed by atoms with Crippen molar-refractivity contribution in [2.75, 3.05) is 41.5 Å². The second-order valence-electron chi connectivity index (χ2n) is 4.41. The van der Waals surface area contributed by atoms with Crippen LogP contribution in [0.2, 0.25) is 0 Å². The smallest absolute Gasteiger partial charge is 0.123 e. The van der Waals surface area contributed by atoms with Crippen molar-refractivity contribution in [3.63, 3.8) is 0 Å². The van der Waals surface area contributed by atoms with Crippen LogP contribution in [-0.2, 0) is 17.8 Å². The van der Waals surface area contributed by atoms with Crippen LogP contribution in [0.3, 0.4) is 0 Å². The fourth-order valence-corrected chi connectivity index (χ4v) is 1.89. The van der Waals surface area contributed by atoms with Crippen molar-refractivity contribution < 1.29 is 9.47 Å². The van der Waals surface area contributed by atoms with Gasteiger partial charge in [0.15, 0.2) is 0 Å². The molecule has 18 heavy (non-hydrogen) atoms. The summed E-state index contributed by atoms with van der Waals surface area (Å²) in [5.41, 5.74) is 2.48. The van der Waals surface area contributed by atoms with Crippen molar-refractivity contribution in [1.82, 2.24) is 10.2 Å². The molecule has 0 aliphatic carbocycles. The van der Waals surface area contributed by atoms with Gasteiger partial charge in [0.25, 0.3) is 0 Å². The number of nitrogens with one attached hydrogen (secondary N) is 1. The summed E-state index contributed by atoms with van der Waals surface area (Å²) >= 11 is 0. The van der Waals surface area contributed by atoms with Gasteiger partial charge >= 0.3 is 0 Å². The molecule has 0 heterocycles. The predicted octanol–water partition coefficient (Wildman–Crippen LogP) is 1.49. The molecule has 102 valence electrons. The van der Waals surface area contributed by atoms with Crippen LogP contribution in [0, 0.1) is 0 Å². The molecule has 0 aliphatic heterocycles. The Labute approximate surface area is 110 Å². The van der Waals surface area contributed by atoms with Gasteiger partial charge in [-0.15, -0.1) is 0 Å². The highest BCUT2D eigenvalue weighted by Gasteiger charge is 2.07. The minimum atomic E-state index is 0.745. The Kier molecular flexibility index (Phi) is 6.72. The number of ether oxygens (including phenoxy) is 2. The summed E-state index contributed by atoms with van der Waals surface area (Å²) in [5.74, 6) is 0.944. The molecule has 4 heteroatoms. The summed E-state index contributed by atoms with van der Waals surface area (Å²) in [4.78, 5) is 2.23. The number of benzene rings is 1. The lowest BCUT2D eigenvalue weighted by atomic mass is 10.1. The minimum Gasteiger partial charge on any atom is -0.496 e. The van der Waals surface area contributed by atoms with Crippen LogP contribution >= 0.6 is 0 Å². The van der Waals surface area contributed by atoms with E-state index in [9.17, 15) is 0 Å². The quantitative estimate of drug-likeness (QED) is 0.760. The Bertz CT molecular complexity index is 356. The fraction of sp³-hybridized carbons (Fsp3) is 0.571. The lowest BCUT2D eigenvalue weighted by Gasteiger charge is -2.18. The lowest BCUT2D eigenvalue weighted by Crippen LogP contribution is -2.22. The van der Waals surface area contributed by atoms with Crippen LogP contribution in [0.25, 0.3) is 0 Å². The topological polar surface area (TPSA) is 33.7 Å². The van der Waals surface area contributed by atoms with Gasteiger partial charge < -0.3 is 14.8 Å². The van der Waals surface area contributed by atoms with Crippen LogP contribution in [0.1, 0.15) is 11.1 Å². The molecule has 0 bridgehead atoms. The van der Waals surface area contributed by atoms with E-state index in [0.717, 1.165) is 32.0 Å². The van der Waals surface area contributed by atoms with Gasteiger partial charge in [-0.3, -0.25) is 4.90 Å². The first-order valence-corrected chi connectivity index (χ1v) is 6.19. The van der Waals surface area contributed by atoms with E-state index in [1.807, 2.05) is 13.1 Å². The monoisotopic (exact) mass is 252 g/mol. The summed E-state index contributed by atoms with van der Waals surface area (Å²) in [6.07, 6.45) is 0. The van der Waals surface area contributed by atoms with Crippen molar-refractivity contribution in [2.45, 2.75) is 13.1 Å². The summed E-state index contributed by atoms with van der Waals surface area (Å²) in [6, 6.07) is 6.32. The molecule has 0 fully saturated rings. The molecule has 1 rings (SSSR count). The van der Waals surface area contributed by atoms with Crippen molar-refractivity contribution in [2.24, 2.45) is 0 Å². The van der Waals surface area contributed by atoms with Crippen LogP contribution < -0.4 is 10.1 Å². The Morgan fingerprint density at radius 2 is 2.06 bits per heavy atom. The Hall–Kier alpha value is -1.10. The molecule has 0 saturated heterocycles. The van der Waals surface area contributed by atoms with Gasteiger partial charge in [-0.25, -0.2) is 0 Å². The van der Waals surface area contributed by atoms with Gasteiger partial charge in [-0.1, -0.05) is 6.07 Å². The van der Waals surface area contributed by atoms with Crippen LogP contribution in [0.15, 0.2) is 18.2 Å². The second-order valence-corrected chi connectivity index (χ2v) is 4.41. The van der Waals surface area contributed by atoms with E-state index >= 15 is 0 Å². The van der Waals surface area contributed by atoms with E-state index in [0.29, 0.717) is 0 Å². The van der Waals surface area contributed by atoms with E-state index < -0.39 is 0 Å². The Morgan fingerprint density at radius 3 is 2.67 bits per heavy atom. The van der Waals surface area contributed by atoms with E-state index in [1.54, 1.807) is 14.2 Å². The van der Waals surface area contributed by atoms with Gasteiger partial charge in [-0.05, 0) is 31.8 Å². The highest BCUT2D eigenvalue weighted by molar-refractivity contribution is 5.37. The molecule has 0 radical (unpaired) electrons. The van der Waals surface area contributed by atoms with Crippen molar-refractivity contribution in [3.05, 3.63) is 29.3 Å². The molecule has 0 spiro atoms. The molecule has 1 N–H and O–H groups in total. The van der Waals surface area contributed by atoms with Crippen molar-refractivity contribution >= 4 is 0 Å². The molecule has 4 nitrogen and oxygen atoms in total. The minimum absolute atomic E-state index is 0.745. The average Bonchev–Trinajstić information content (AvgIpc) is 2.37. The first-order valence-electron chi connectivity index (χ1n) is 6.19. The number of likely N-dealkylation sites (N-methyl/N-ethyl adjacent to an activating group) is 1. The highest BCUT2D eigenvalue weighted by atomic mass is 16.5. The molecule has 1 aromatic rings. The highest BCUT2D eigenvalue weighted by Crippen LogP contribution is 2.21. The van der Waals surface area contributed by atoms with E-state index in [-0.39, 0.29) is 0 Å². The third-order valence-electron chi connectivity index (χ3n) is 2.84. The molecule has 0 unspecified atom stereocenters. The van der Waals surface area contributed by atoms with Gasteiger partial charge in [-0.2, -0.15) is 0 Å². The standard InChI is InChI=1S/C14H24N2O2/c1-15-10-12-5-6-14(18-4)13(9-12)11-16(2)7-8-17-3/h5-6,9,15H,7-8,10-11H2,1-4H3. The second kappa shape index (κ2) is 8.08. The van der Waals surface area contributed by atoms with Gasteiger partial charge in [0.1, 0.15) is 5.75 Å². The molecular formula is C14H24N2O2. The zero-order valence-corrected chi connectivity index (χ0v) is 11.8. The number of methoxy groups -OCH3 is 2. The van der Waals surface area contributed by atoms with Gasteiger partial charge in [0.05, 0.1) is 13.7 Å². The third-order valence-corrected chi connectivity index (χ3v) is 2.84. The summed E-state index contributed by atoms with van der Waals surface area (Å²) in [6.45, 7) is 3.40. The van der Waals surface area contributed by atoms with Gasteiger partial charge in [0, 0.05) is 32.3 Å². The van der Waals surface area contributed by atoms with Crippen LogP contribution in [-0.4, -0.2) is 46.4 Å². The maximum Gasteiger partial charge on any atom is 0.123 e. The van der Waals surface area contributed by atoms with Crippen molar-refractivity contribution in [3.8, 4) is 5.75 Å². The summed E-state index contributed by atoms with van der Waals surface area (Å²) < 4.78 is 10.5. The molecule has 0 aliphatic rings. The molecule has 0 saturated carbocycles. The lowest BCUT2D eigenvalue weighted by molar-refractivity contribution is 0.158. The van der Waals surface area contributed by atoms with E-state index in [4.69, 9.17) is 9.47 Å². The number of hydrogen-bond donors (Lipinski definition) is 1. The largest absolute Gasteiger partial charge is 0.496 e. The third kappa shape index (κ3) is 4.64. The molecule has 1 aromatic carbocycles. The zero-order valence-electron chi connectivity index (χ0n) is 11.8. The predicted molar refractivity (Wildman–Crippen MR) is 74.0 cm³/mol. The maximum atomic E-state index is 5.41. The molecular weight excluding hydrogens is 228 g/mol. The normalized spacial score (nSPS) is 10.9. The molecule has 0 amide bonds. The Morgan fingerprint density at radius 1 is 1.28 bits per heavy atom. The van der Waals surface area contributed by atoms with E-state index in [2.05, 4.69) is 29.4 Å². The van der Waals surface area contributed by atoms with Crippen LogP contribution in [0.5, 0.6) is 5.75 Å². The number of hydrogen-bond acceptors (Lipinski definition) is 4. The number of nitrogens with zero attached hydrogens (tertiary/aromatic N) is 1. The number of rotatable bonds is 8. The first-order chi connectivity index (χ1) is 8.71. The molecule has 0 aromatic heterocycles. The van der Waals surface area contributed by atoms with Gasteiger partial charge in [0.2, 0.25) is 0 Å². The fourth-order valence-electron chi connectivity index (χ4n) is 1.89. The van der Waals surface area contributed by atoms with Crippen LogP contribution in [0.4, 0.5) is 0 Å². The molecule has 0 atom stereocenters. The van der Waals surface area contributed by atoms with Crippen molar-refractivity contribution in [1.29, 1.82) is 0 Å². The Balaban J connectivity index is 2.73. The maximum absolute atomic E-state index is 5.41. The zero-order chi connectivity index (χ0) is 13.4.